The summed E-state index contributed by atoms with van der Waals surface area (Å²) < 4.78 is 1.74. The molecular weight excluding hydrogens is 302 g/mol. The van der Waals surface area contributed by atoms with Gasteiger partial charge in [0.15, 0.2) is 0 Å². The molecule has 122 valence electrons. The average molecular weight is 321 g/mol. The van der Waals surface area contributed by atoms with Crippen molar-refractivity contribution in [3.8, 4) is 0 Å². The van der Waals surface area contributed by atoms with E-state index in [2.05, 4.69) is 20.7 Å². The quantitative estimate of drug-likeness (QED) is 0.733. The second-order valence-corrected chi connectivity index (χ2v) is 5.36. The van der Waals surface area contributed by atoms with E-state index < -0.39 is 0 Å². The molecule has 0 aliphatic rings. The summed E-state index contributed by atoms with van der Waals surface area (Å²) in [7, 11) is 0. The summed E-state index contributed by atoms with van der Waals surface area (Å²) in [4.78, 5) is 16.2. The molecule has 0 bridgehead atoms. The third-order valence-electron chi connectivity index (χ3n) is 3.48. The van der Waals surface area contributed by atoms with Gasteiger partial charge in [-0.05, 0) is 24.1 Å². The standard InChI is InChI=1S/C18H19N5O/c24-18(20-11-9-15-6-2-1-3-7-15)22-17-12-21-23(14-17)13-16-8-4-5-10-19-16/h1-8,10,12,14H,9,11,13H2,(H2,20,22,24). The number of anilines is 1. The molecule has 2 N–H and O–H groups in total. The number of carbonyl (C=O) groups is 1. The van der Waals surface area contributed by atoms with Gasteiger partial charge in [-0.1, -0.05) is 36.4 Å². The van der Waals surface area contributed by atoms with Crippen molar-refractivity contribution in [2.45, 2.75) is 13.0 Å². The zero-order valence-electron chi connectivity index (χ0n) is 13.2. The molecule has 2 amide bonds. The van der Waals surface area contributed by atoms with Crippen molar-refractivity contribution in [2.75, 3.05) is 11.9 Å². The molecule has 0 fully saturated rings. The third-order valence-corrected chi connectivity index (χ3v) is 3.48. The van der Waals surface area contributed by atoms with Crippen LogP contribution in [0.3, 0.4) is 0 Å². The van der Waals surface area contributed by atoms with E-state index in [1.54, 1.807) is 23.3 Å². The van der Waals surface area contributed by atoms with Crippen LogP contribution in [0.25, 0.3) is 0 Å². The van der Waals surface area contributed by atoms with Gasteiger partial charge in [-0.3, -0.25) is 9.67 Å². The summed E-state index contributed by atoms with van der Waals surface area (Å²) in [6, 6.07) is 15.6. The molecule has 1 aromatic carbocycles. The van der Waals surface area contributed by atoms with Crippen LogP contribution in [0.15, 0.2) is 67.1 Å². The number of nitrogens with one attached hydrogen (secondary N) is 2. The zero-order chi connectivity index (χ0) is 16.6. The molecule has 24 heavy (non-hydrogen) atoms. The highest BCUT2D eigenvalue weighted by molar-refractivity contribution is 5.88. The van der Waals surface area contributed by atoms with Crippen molar-refractivity contribution < 1.29 is 4.79 Å². The largest absolute Gasteiger partial charge is 0.338 e. The van der Waals surface area contributed by atoms with Crippen LogP contribution in [-0.4, -0.2) is 27.3 Å². The number of amides is 2. The number of rotatable bonds is 6. The maximum Gasteiger partial charge on any atom is 0.319 e. The number of aromatic nitrogens is 3. The first-order valence-electron chi connectivity index (χ1n) is 7.81. The van der Waals surface area contributed by atoms with E-state index in [1.165, 1.54) is 5.56 Å². The van der Waals surface area contributed by atoms with Crippen molar-refractivity contribution in [1.29, 1.82) is 0 Å². The zero-order valence-corrected chi connectivity index (χ0v) is 13.2. The Kier molecular flexibility index (Phi) is 5.19. The molecule has 2 aromatic heterocycles. The topological polar surface area (TPSA) is 71.8 Å². The van der Waals surface area contributed by atoms with Gasteiger partial charge in [-0.15, -0.1) is 0 Å². The lowest BCUT2D eigenvalue weighted by Crippen LogP contribution is -2.30. The van der Waals surface area contributed by atoms with Gasteiger partial charge in [0.25, 0.3) is 0 Å². The van der Waals surface area contributed by atoms with Gasteiger partial charge in [0.1, 0.15) is 0 Å². The molecule has 0 saturated carbocycles. The van der Waals surface area contributed by atoms with Crippen molar-refractivity contribution in [3.63, 3.8) is 0 Å². The van der Waals surface area contributed by atoms with Crippen LogP contribution in [0.1, 0.15) is 11.3 Å². The van der Waals surface area contributed by atoms with Crippen LogP contribution in [-0.2, 0) is 13.0 Å². The van der Waals surface area contributed by atoms with Crippen LogP contribution < -0.4 is 10.6 Å². The lowest BCUT2D eigenvalue weighted by atomic mass is 10.1. The molecule has 0 unspecified atom stereocenters. The Bertz CT molecular complexity index is 770. The highest BCUT2D eigenvalue weighted by Gasteiger charge is 2.04. The highest BCUT2D eigenvalue weighted by Crippen LogP contribution is 2.06. The maximum atomic E-state index is 11.9. The van der Waals surface area contributed by atoms with Gasteiger partial charge < -0.3 is 10.6 Å². The van der Waals surface area contributed by atoms with Crippen molar-refractivity contribution >= 4 is 11.7 Å². The Labute approximate surface area is 140 Å². The maximum absolute atomic E-state index is 11.9. The van der Waals surface area contributed by atoms with Gasteiger partial charge >= 0.3 is 6.03 Å². The molecule has 6 heteroatoms. The number of hydrogen-bond donors (Lipinski definition) is 2. The van der Waals surface area contributed by atoms with Crippen LogP contribution in [0.2, 0.25) is 0 Å². The molecule has 0 atom stereocenters. The van der Waals surface area contributed by atoms with Gasteiger partial charge in [-0.2, -0.15) is 5.10 Å². The highest BCUT2D eigenvalue weighted by atomic mass is 16.2. The van der Waals surface area contributed by atoms with Crippen molar-refractivity contribution in [1.82, 2.24) is 20.1 Å². The van der Waals surface area contributed by atoms with Crippen LogP contribution in [0.5, 0.6) is 0 Å². The lowest BCUT2D eigenvalue weighted by Gasteiger charge is -2.06. The summed E-state index contributed by atoms with van der Waals surface area (Å²) in [5.41, 5.74) is 2.77. The summed E-state index contributed by atoms with van der Waals surface area (Å²) in [6.45, 7) is 1.15. The molecule has 0 saturated heterocycles. The smallest absolute Gasteiger partial charge is 0.319 e. The number of carbonyl (C=O) groups excluding carboxylic acids is 1. The second kappa shape index (κ2) is 7.92. The predicted molar refractivity (Wildman–Crippen MR) is 92.7 cm³/mol. The lowest BCUT2D eigenvalue weighted by molar-refractivity contribution is 0.252. The average Bonchev–Trinajstić information content (AvgIpc) is 3.03. The number of pyridine rings is 1. The minimum Gasteiger partial charge on any atom is -0.338 e. The van der Waals surface area contributed by atoms with Gasteiger partial charge in [0, 0.05) is 18.9 Å². The Morgan fingerprint density at radius 1 is 1.08 bits per heavy atom. The van der Waals surface area contributed by atoms with E-state index in [-0.39, 0.29) is 6.03 Å². The van der Waals surface area contributed by atoms with Crippen LogP contribution >= 0.6 is 0 Å². The molecule has 6 nitrogen and oxygen atoms in total. The van der Waals surface area contributed by atoms with Gasteiger partial charge in [-0.25, -0.2) is 4.79 Å². The number of nitrogens with zero attached hydrogens (tertiary/aromatic N) is 3. The fourth-order valence-electron chi connectivity index (χ4n) is 2.31. The fraction of sp³-hybridized carbons (Fsp3) is 0.167. The minimum atomic E-state index is -0.233. The minimum absolute atomic E-state index is 0.233. The molecular formula is C18H19N5O. The first-order valence-corrected chi connectivity index (χ1v) is 7.81. The summed E-state index contributed by atoms with van der Waals surface area (Å²) in [5.74, 6) is 0. The summed E-state index contributed by atoms with van der Waals surface area (Å²) >= 11 is 0. The predicted octanol–water partition coefficient (Wildman–Crippen LogP) is 2.69. The Hall–Kier alpha value is -3.15. The monoisotopic (exact) mass is 321 g/mol. The van der Waals surface area contributed by atoms with Gasteiger partial charge in [0.05, 0.1) is 24.1 Å². The summed E-state index contributed by atoms with van der Waals surface area (Å²) in [5, 5.41) is 9.85. The van der Waals surface area contributed by atoms with E-state index in [4.69, 9.17) is 0 Å². The van der Waals surface area contributed by atoms with E-state index in [1.807, 2.05) is 48.5 Å². The Balaban J connectivity index is 1.45. The van der Waals surface area contributed by atoms with Gasteiger partial charge in [0.2, 0.25) is 0 Å². The fourth-order valence-corrected chi connectivity index (χ4v) is 2.31. The Morgan fingerprint density at radius 2 is 1.92 bits per heavy atom. The number of hydrogen-bond acceptors (Lipinski definition) is 3. The number of urea groups is 1. The van der Waals surface area contributed by atoms with Crippen molar-refractivity contribution in [2.24, 2.45) is 0 Å². The molecule has 2 heterocycles. The third kappa shape index (κ3) is 4.67. The normalized spacial score (nSPS) is 10.3. The SMILES string of the molecule is O=C(NCCc1ccccc1)Nc1cnn(Cc2ccccn2)c1. The Morgan fingerprint density at radius 3 is 2.71 bits per heavy atom. The van der Waals surface area contributed by atoms with Crippen LogP contribution in [0, 0.1) is 0 Å². The number of benzene rings is 1. The first-order chi connectivity index (χ1) is 11.8. The molecule has 3 aromatic rings. The molecule has 0 spiro atoms. The molecule has 3 rings (SSSR count). The van der Waals surface area contributed by atoms with E-state index in [9.17, 15) is 4.79 Å². The molecule has 0 aliphatic heterocycles. The van der Waals surface area contributed by atoms with E-state index in [0.717, 1.165) is 12.1 Å². The molecule has 0 radical (unpaired) electrons. The summed E-state index contributed by atoms with van der Waals surface area (Å²) in [6.07, 6.45) is 5.95. The second-order valence-electron chi connectivity index (χ2n) is 5.36. The van der Waals surface area contributed by atoms with Crippen molar-refractivity contribution in [3.05, 3.63) is 78.4 Å². The van der Waals surface area contributed by atoms with E-state index >= 15 is 0 Å². The molecule has 0 aliphatic carbocycles. The van der Waals surface area contributed by atoms with Crippen LogP contribution in [0.4, 0.5) is 10.5 Å². The van der Waals surface area contributed by atoms with E-state index in [0.29, 0.717) is 18.8 Å². The first kappa shape index (κ1) is 15.7.